The molecular formula is C15H16F4O4. The van der Waals surface area contributed by atoms with Crippen molar-refractivity contribution < 1.29 is 36.6 Å². The minimum atomic E-state index is -1.98. The molecular weight excluding hydrogens is 320 g/mol. The molecule has 0 aliphatic heterocycles. The molecule has 0 N–H and O–H groups in total. The number of hydrogen-bond acceptors (Lipinski definition) is 4. The molecule has 0 spiro atoms. The highest BCUT2D eigenvalue weighted by Gasteiger charge is 2.20. The van der Waals surface area contributed by atoms with E-state index < -0.39 is 47.4 Å². The van der Waals surface area contributed by atoms with Crippen LogP contribution in [-0.4, -0.2) is 18.5 Å². The van der Waals surface area contributed by atoms with Gasteiger partial charge in [-0.15, -0.1) is 0 Å². The van der Waals surface area contributed by atoms with E-state index >= 15 is 0 Å². The van der Waals surface area contributed by atoms with Crippen LogP contribution in [0, 0.1) is 29.2 Å². The maximum Gasteiger partial charge on any atom is 0.306 e. The summed E-state index contributed by atoms with van der Waals surface area (Å²) in [6.45, 7) is 3.13. The van der Waals surface area contributed by atoms with Gasteiger partial charge >= 0.3 is 11.9 Å². The van der Waals surface area contributed by atoms with Crippen LogP contribution in [0.5, 0.6) is 0 Å². The first-order valence-corrected chi connectivity index (χ1v) is 6.85. The molecule has 128 valence electrons. The Bertz CT molecular complexity index is 587. The zero-order valence-corrected chi connectivity index (χ0v) is 12.6. The van der Waals surface area contributed by atoms with Gasteiger partial charge < -0.3 is 9.47 Å². The van der Waals surface area contributed by atoms with Crippen molar-refractivity contribution in [3.8, 4) is 0 Å². The molecule has 0 saturated carbocycles. The Morgan fingerprint density at radius 2 is 1.52 bits per heavy atom. The summed E-state index contributed by atoms with van der Waals surface area (Å²) in [7, 11) is 0. The van der Waals surface area contributed by atoms with E-state index in [0.717, 1.165) is 0 Å². The number of esters is 2. The molecule has 1 aromatic carbocycles. The highest BCUT2D eigenvalue weighted by Crippen LogP contribution is 2.19. The van der Waals surface area contributed by atoms with E-state index in [0.29, 0.717) is 6.07 Å². The summed E-state index contributed by atoms with van der Waals surface area (Å²) in [6.07, 6.45) is -0.565. The molecule has 0 atom stereocenters. The second kappa shape index (κ2) is 8.50. The zero-order valence-electron chi connectivity index (χ0n) is 12.6. The van der Waals surface area contributed by atoms with Gasteiger partial charge in [-0.3, -0.25) is 9.59 Å². The molecule has 0 fully saturated rings. The first-order valence-electron chi connectivity index (χ1n) is 6.85. The maximum absolute atomic E-state index is 13.3. The molecule has 0 amide bonds. The fraction of sp³-hybridized carbons (Fsp3) is 0.467. The minimum Gasteiger partial charge on any atom is -0.465 e. The Hall–Kier alpha value is -2.12. The SMILES string of the molecule is CC(C)COC(=O)CCC(=O)OCc1cc(F)c(F)c(F)c1F. The molecule has 0 aliphatic carbocycles. The largest absolute Gasteiger partial charge is 0.465 e. The van der Waals surface area contributed by atoms with Crippen LogP contribution < -0.4 is 0 Å². The number of benzene rings is 1. The van der Waals surface area contributed by atoms with E-state index in [-0.39, 0.29) is 25.4 Å². The van der Waals surface area contributed by atoms with Crippen molar-refractivity contribution >= 4 is 11.9 Å². The van der Waals surface area contributed by atoms with Gasteiger partial charge in [-0.2, -0.15) is 0 Å². The van der Waals surface area contributed by atoms with Crippen molar-refractivity contribution in [2.24, 2.45) is 5.92 Å². The quantitative estimate of drug-likeness (QED) is 0.332. The third-order valence-corrected chi connectivity index (χ3v) is 2.68. The molecule has 0 aromatic heterocycles. The molecule has 0 bridgehead atoms. The molecule has 8 heteroatoms. The number of carbonyl (C=O) groups is 2. The highest BCUT2D eigenvalue weighted by atomic mass is 19.2. The van der Waals surface area contributed by atoms with Crippen molar-refractivity contribution in [3.63, 3.8) is 0 Å². The lowest BCUT2D eigenvalue weighted by atomic mass is 10.2. The Kier molecular flexibility index (Phi) is 6.99. The molecule has 4 nitrogen and oxygen atoms in total. The average Bonchev–Trinajstić information content (AvgIpc) is 2.50. The normalized spacial score (nSPS) is 10.7. The summed E-state index contributed by atoms with van der Waals surface area (Å²) in [5, 5.41) is 0. The molecule has 1 rings (SSSR count). The topological polar surface area (TPSA) is 52.6 Å². The molecule has 0 aliphatic rings. The second-order valence-corrected chi connectivity index (χ2v) is 5.20. The van der Waals surface area contributed by atoms with Crippen molar-refractivity contribution in [1.29, 1.82) is 0 Å². The van der Waals surface area contributed by atoms with Crippen LogP contribution in [0.4, 0.5) is 17.6 Å². The van der Waals surface area contributed by atoms with E-state index in [1.165, 1.54) is 0 Å². The van der Waals surface area contributed by atoms with Crippen LogP contribution in [0.25, 0.3) is 0 Å². The number of carbonyl (C=O) groups excluding carboxylic acids is 2. The molecule has 1 aromatic rings. The van der Waals surface area contributed by atoms with Gasteiger partial charge in [-0.25, -0.2) is 17.6 Å². The summed E-state index contributed by atoms with van der Waals surface area (Å²) < 4.78 is 61.5. The minimum absolute atomic E-state index is 0.150. The Labute approximate surface area is 130 Å². The number of halogens is 4. The predicted octanol–water partition coefficient (Wildman–Crippen LogP) is 3.27. The third-order valence-electron chi connectivity index (χ3n) is 2.68. The van der Waals surface area contributed by atoms with E-state index in [4.69, 9.17) is 4.74 Å². The van der Waals surface area contributed by atoms with Crippen LogP contribution in [0.15, 0.2) is 6.07 Å². The van der Waals surface area contributed by atoms with Gasteiger partial charge in [0.25, 0.3) is 0 Å². The average molecular weight is 336 g/mol. The lowest BCUT2D eigenvalue weighted by Gasteiger charge is -2.08. The summed E-state index contributed by atoms with van der Waals surface area (Å²) >= 11 is 0. The standard InChI is InChI=1S/C15H16F4O4/c1-8(2)6-22-11(20)3-4-12(21)23-7-9-5-10(16)14(18)15(19)13(9)17/h5,8H,3-4,6-7H2,1-2H3. The smallest absolute Gasteiger partial charge is 0.306 e. The predicted molar refractivity (Wildman–Crippen MR) is 71.1 cm³/mol. The van der Waals surface area contributed by atoms with Gasteiger partial charge in [0, 0.05) is 5.56 Å². The van der Waals surface area contributed by atoms with Gasteiger partial charge in [0.05, 0.1) is 19.4 Å². The second-order valence-electron chi connectivity index (χ2n) is 5.20. The van der Waals surface area contributed by atoms with Crippen molar-refractivity contribution in [1.82, 2.24) is 0 Å². The Morgan fingerprint density at radius 1 is 0.957 bits per heavy atom. The van der Waals surface area contributed by atoms with Crippen LogP contribution in [0.2, 0.25) is 0 Å². The highest BCUT2D eigenvalue weighted by molar-refractivity contribution is 5.77. The molecule has 0 radical (unpaired) electrons. The third kappa shape index (κ3) is 5.88. The number of ether oxygens (including phenoxy) is 2. The fourth-order valence-corrected chi connectivity index (χ4v) is 1.49. The van der Waals surface area contributed by atoms with Gasteiger partial charge in [0.1, 0.15) is 6.61 Å². The lowest BCUT2D eigenvalue weighted by molar-refractivity contribution is -0.151. The molecule has 23 heavy (non-hydrogen) atoms. The summed E-state index contributed by atoms with van der Waals surface area (Å²) in [5.41, 5.74) is -0.642. The van der Waals surface area contributed by atoms with E-state index in [1.807, 2.05) is 13.8 Å². The summed E-state index contributed by atoms with van der Waals surface area (Å²) in [4.78, 5) is 22.7. The van der Waals surface area contributed by atoms with Crippen LogP contribution in [0.1, 0.15) is 32.3 Å². The van der Waals surface area contributed by atoms with Gasteiger partial charge in [0.2, 0.25) is 0 Å². The van der Waals surface area contributed by atoms with Gasteiger partial charge in [-0.05, 0) is 12.0 Å². The van der Waals surface area contributed by atoms with E-state index in [9.17, 15) is 27.2 Å². The lowest BCUT2D eigenvalue weighted by Crippen LogP contribution is -2.13. The van der Waals surface area contributed by atoms with Crippen LogP contribution in [0.3, 0.4) is 0 Å². The number of rotatable bonds is 7. The Morgan fingerprint density at radius 3 is 2.09 bits per heavy atom. The number of hydrogen-bond donors (Lipinski definition) is 0. The van der Waals surface area contributed by atoms with E-state index in [1.54, 1.807) is 0 Å². The fourth-order valence-electron chi connectivity index (χ4n) is 1.49. The summed E-state index contributed by atoms with van der Waals surface area (Å²) in [5.74, 6) is -8.46. The first-order chi connectivity index (χ1) is 10.7. The van der Waals surface area contributed by atoms with Crippen molar-refractivity contribution in [2.75, 3.05) is 6.61 Å². The van der Waals surface area contributed by atoms with E-state index in [2.05, 4.69) is 4.74 Å². The van der Waals surface area contributed by atoms with Crippen molar-refractivity contribution in [3.05, 3.63) is 34.9 Å². The Balaban J connectivity index is 2.47. The molecule has 0 heterocycles. The molecule has 0 unspecified atom stereocenters. The first kappa shape index (κ1) is 18.9. The molecule has 0 saturated heterocycles. The van der Waals surface area contributed by atoms with Gasteiger partial charge in [0.15, 0.2) is 23.3 Å². The maximum atomic E-state index is 13.3. The zero-order chi connectivity index (χ0) is 17.6. The van der Waals surface area contributed by atoms with Crippen molar-refractivity contribution in [2.45, 2.75) is 33.3 Å². The van der Waals surface area contributed by atoms with Crippen LogP contribution in [-0.2, 0) is 25.7 Å². The van der Waals surface area contributed by atoms with Crippen LogP contribution >= 0.6 is 0 Å². The van der Waals surface area contributed by atoms with Gasteiger partial charge in [-0.1, -0.05) is 13.8 Å². The summed E-state index contributed by atoms with van der Waals surface area (Å²) in [6, 6.07) is 0.401. The monoisotopic (exact) mass is 336 g/mol.